The summed E-state index contributed by atoms with van der Waals surface area (Å²) in [5.74, 6) is 0.762. The molecule has 0 radical (unpaired) electrons. The van der Waals surface area contributed by atoms with Gasteiger partial charge in [-0.05, 0) is 36.9 Å². The van der Waals surface area contributed by atoms with E-state index in [1.165, 1.54) is 25.7 Å². The lowest BCUT2D eigenvalue weighted by Crippen LogP contribution is -2.08. The highest BCUT2D eigenvalue weighted by atomic mass is 32.1. The first kappa shape index (κ1) is 13.1. The lowest BCUT2D eigenvalue weighted by atomic mass is 9.89. The molecule has 0 aliphatic rings. The van der Waals surface area contributed by atoms with Gasteiger partial charge in [-0.3, -0.25) is 0 Å². The normalized spacial score (nSPS) is 17.2. The SMILES string of the molecule is CC/C=C(/CC)C(CC)CC(C)S. The van der Waals surface area contributed by atoms with Crippen LogP contribution in [0.3, 0.4) is 0 Å². The molecule has 78 valence electrons. The van der Waals surface area contributed by atoms with E-state index in [4.69, 9.17) is 0 Å². The van der Waals surface area contributed by atoms with E-state index in [0.717, 1.165) is 5.92 Å². The van der Waals surface area contributed by atoms with Crippen molar-refractivity contribution in [3.8, 4) is 0 Å². The van der Waals surface area contributed by atoms with Gasteiger partial charge in [-0.15, -0.1) is 0 Å². The standard InChI is InChI=1S/C12H24S/c1-5-8-11(6-2)12(7-3)9-10(4)13/h8,10,12-13H,5-7,9H2,1-4H3/b11-8-. The molecule has 2 atom stereocenters. The van der Waals surface area contributed by atoms with Gasteiger partial charge in [-0.1, -0.05) is 39.3 Å². The molecule has 1 heteroatoms. The van der Waals surface area contributed by atoms with Crippen molar-refractivity contribution in [1.29, 1.82) is 0 Å². The summed E-state index contributed by atoms with van der Waals surface area (Å²) in [7, 11) is 0. The summed E-state index contributed by atoms with van der Waals surface area (Å²) in [5, 5.41) is 0.525. The molecule has 0 saturated heterocycles. The van der Waals surface area contributed by atoms with Crippen LogP contribution in [0.5, 0.6) is 0 Å². The summed E-state index contributed by atoms with van der Waals surface area (Å²) in [6.45, 7) is 8.94. The summed E-state index contributed by atoms with van der Waals surface area (Å²) in [4.78, 5) is 0. The highest BCUT2D eigenvalue weighted by Crippen LogP contribution is 2.25. The van der Waals surface area contributed by atoms with E-state index >= 15 is 0 Å². The van der Waals surface area contributed by atoms with Crippen LogP contribution in [0.2, 0.25) is 0 Å². The molecule has 2 unspecified atom stereocenters. The summed E-state index contributed by atoms with van der Waals surface area (Å²) >= 11 is 4.47. The third-order valence-corrected chi connectivity index (χ3v) is 2.73. The van der Waals surface area contributed by atoms with Gasteiger partial charge in [0.25, 0.3) is 0 Å². The average molecular weight is 200 g/mol. The molecular formula is C12H24S. The van der Waals surface area contributed by atoms with Crippen molar-refractivity contribution in [2.75, 3.05) is 0 Å². The molecule has 0 aromatic rings. The van der Waals surface area contributed by atoms with Crippen LogP contribution in [-0.2, 0) is 0 Å². The molecule has 0 nitrogen and oxygen atoms in total. The monoisotopic (exact) mass is 200 g/mol. The molecule has 0 aliphatic carbocycles. The number of thiol groups is 1. The Morgan fingerprint density at radius 3 is 2.23 bits per heavy atom. The van der Waals surface area contributed by atoms with Crippen molar-refractivity contribution in [3.05, 3.63) is 11.6 Å². The maximum absolute atomic E-state index is 4.47. The maximum Gasteiger partial charge on any atom is -0.000589 e. The van der Waals surface area contributed by atoms with Crippen LogP contribution in [-0.4, -0.2) is 5.25 Å². The molecule has 0 aromatic carbocycles. The van der Waals surface area contributed by atoms with Gasteiger partial charge < -0.3 is 0 Å². The van der Waals surface area contributed by atoms with Crippen molar-refractivity contribution in [1.82, 2.24) is 0 Å². The number of rotatable bonds is 6. The fourth-order valence-electron chi connectivity index (χ4n) is 1.85. The van der Waals surface area contributed by atoms with Crippen LogP contribution >= 0.6 is 12.6 Å². The van der Waals surface area contributed by atoms with Crippen LogP contribution in [0.4, 0.5) is 0 Å². The minimum Gasteiger partial charge on any atom is -0.176 e. The minimum atomic E-state index is 0.525. The Labute approximate surface area is 89.2 Å². The summed E-state index contributed by atoms with van der Waals surface area (Å²) in [5.41, 5.74) is 1.63. The summed E-state index contributed by atoms with van der Waals surface area (Å²) in [6, 6.07) is 0. The summed E-state index contributed by atoms with van der Waals surface area (Å²) < 4.78 is 0. The highest BCUT2D eigenvalue weighted by Gasteiger charge is 2.12. The fourth-order valence-corrected chi connectivity index (χ4v) is 2.11. The van der Waals surface area contributed by atoms with Crippen LogP contribution in [0, 0.1) is 5.92 Å². The molecule has 0 rings (SSSR count). The molecule has 13 heavy (non-hydrogen) atoms. The maximum atomic E-state index is 4.47. The van der Waals surface area contributed by atoms with Crippen molar-refractivity contribution in [2.24, 2.45) is 5.92 Å². The predicted molar refractivity (Wildman–Crippen MR) is 65.5 cm³/mol. The Hall–Kier alpha value is 0.0900. The van der Waals surface area contributed by atoms with Crippen molar-refractivity contribution >= 4 is 12.6 Å². The average Bonchev–Trinajstić information content (AvgIpc) is 2.10. The minimum absolute atomic E-state index is 0.525. The van der Waals surface area contributed by atoms with Gasteiger partial charge in [-0.25, -0.2) is 0 Å². The lowest BCUT2D eigenvalue weighted by Gasteiger charge is -2.19. The topological polar surface area (TPSA) is 0 Å². The largest absolute Gasteiger partial charge is 0.176 e. The van der Waals surface area contributed by atoms with Crippen LogP contribution in [0.1, 0.15) is 53.4 Å². The van der Waals surface area contributed by atoms with E-state index in [2.05, 4.69) is 46.4 Å². The second kappa shape index (κ2) is 7.49. The summed E-state index contributed by atoms with van der Waals surface area (Å²) in [6.07, 6.45) is 7.24. The number of hydrogen-bond acceptors (Lipinski definition) is 1. The molecule has 0 amide bonds. The third-order valence-electron chi connectivity index (χ3n) is 2.52. The first-order valence-corrected chi connectivity index (χ1v) is 6.04. The fraction of sp³-hybridized carbons (Fsp3) is 0.833. The van der Waals surface area contributed by atoms with Crippen molar-refractivity contribution < 1.29 is 0 Å². The third kappa shape index (κ3) is 5.41. The molecule has 0 heterocycles. The zero-order valence-corrected chi connectivity index (χ0v) is 10.4. The lowest BCUT2D eigenvalue weighted by molar-refractivity contribution is 0.527. The molecule has 0 aliphatic heterocycles. The highest BCUT2D eigenvalue weighted by molar-refractivity contribution is 7.80. The Kier molecular flexibility index (Phi) is 7.54. The van der Waals surface area contributed by atoms with Crippen LogP contribution in [0.15, 0.2) is 11.6 Å². The quantitative estimate of drug-likeness (QED) is 0.475. The van der Waals surface area contributed by atoms with Gasteiger partial charge in [-0.2, -0.15) is 12.6 Å². The predicted octanol–water partition coefficient (Wildman–Crippen LogP) is 4.47. The van der Waals surface area contributed by atoms with Gasteiger partial charge in [0, 0.05) is 0 Å². The second-order valence-electron chi connectivity index (χ2n) is 3.73. The van der Waals surface area contributed by atoms with Gasteiger partial charge >= 0.3 is 0 Å². The van der Waals surface area contributed by atoms with Gasteiger partial charge in [0.05, 0.1) is 0 Å². The molecule has 0 bridgehead atoms. The van der Waals surface area contributed by atoms with E-state index in [1.807, 2.05) is 0 Å². The van der Waals surface area contributed by atoms with Gasteiger partial charge in [0.15, 0.2) is 0 Å². The second-order valence-corrected chi connectivity index (χ2v) is 4.61. The zero-order valence-electron chi connectivity index (χ0n) is 9.51. The van der Waals surface area contributed by atoms with Crippen LogP contribution in [0.25, 0.3) is 0 Å². The Bertz CT molecular complexity index is 147. The molecule has 0 aromatic heterocycles. The van der Waals surface area contributed by atoms with E-state index in [0.29, 0.717) is 5.25 Å². The smallest absolute Gasteiger partial charge is 0.000589 e. The van der Waals surface area contributed by atoms with Gasteiger partial charge in [0.2, 0.25) is 0 Å². The van der Waals surface area contributed by atoms with Crippen molar-refractivity contribution in [3.63, 3.8) is 0 Å². The molecule has 0 fully saturated rings. The van der Waals surface area contributed by atoms with E-state index in [1.54, 1.807) is 5.57 Å². The number of hydrogen-bond donors (Lipinski definition) is 1. The van der Waals surface area contributed by atoms with E-state index in [9.17, 15) is 0 Å². The Morgan fingerprint density at radius 2 is 1.92 bits per heavy atom. The van der Waals surface area contributed by atoms with Crippen LogP contribution < -0.4 is 0 Å². The number of allylic oxidation sites excluding steroid dienone is 2. The zero-order chi connectivity index (χ0) is 10.3. The first-order chi connectivity index (χ1) is 6.15. The molecule has 0 N–H and O–H groups in total. The molecule has 0 saturated carbocycles. The molecular weight excluding hydrogens is 176 g/mol. The van der Waals surface area contributed by atoms with E-state index < -0.39 is 0 Å². The first-order valence-electron chi connectivity index (χ1n) is 5.52. The molecule has 0 spiro atoms. The van der Waals surface area contributed by atoms with Crippen molar-refractivity contribution in [2.45, 2.75) is 58.6 Å². The Balaban J connectivity index is 4.25. The van der Waals surface area contributed by atoms with E-state index in [-0.39, 0.29) is 0 Å². The van der Waals surface area contributed by atoms with Gasteiger partial charge in [0.1, 0.15) is 0 Å². The Morgan fingerprint density at radius 1 is 1.31 bits per heavy atom.